The monoisotopic (exact) mass is 576 g/mol. The Bertz CT molecular complexity index is 1420. The predicted molar refractivity (Wildman–Crippen MR) is 151 cm³/mol. The summed E-state index contributed by atoms with van der Waals surface area (Å²) in [5.74, 6) is 0.122. The molecule has 11 heteroatoms. The molecular formula is C31H31F3N6O2. The molecule has 2 fully saturated rings. The fraction of sp³-hybridized carbons (Fsp3) is 0.355. The summed E-state index contributed by atoms with van der Waals surface area (Å²) in [6.45, 7) is 4.26. The highest BCUT2D eigenvalue weighted by atomic mass is 19.4. The van der Waals surface area contributed by atoms with E-state index in [4.69, 9.17) is 5.26 Å². The molecule has 0 bridgehead atoms. The lowest BCUT2D eigenvalue weighted by molar-refractivity contribution is -0.137. The van der Waals surface area contributed by atoms with Crippen molar-refractivity contribution < 1.29 is 22.8 Å². The molecule has 3 heterocycles. The van der Waals surface area contributed by atoms with Crippen LogP contribution in [0.2, 0.25) is 0 Å². The molecule has 2 aliphatic heterocycles. The molecule has 0 atom stereocenters. The molecule has 0 spiro atoms. The van der Waals surface area contributed by atoms with Gasteiger partial charge >= 0.3 is 6.18 Å². The van der Waals surface area contributed by atoms with Crippen LogP contribution in [0.1, 0.15) is 50.2 Å². The van der Waals surface area contributed by atoms with Crippen LogP contribution >= 0.6 is 0 Å². The molecule has 3 aromatic rings. The summed E-state index contributed by atoms with van der Waals surface area (Å²) in [5, 5.41) is 12.1. The number of hydrogen-bond donors (Lipinski definition) is 1. The molecule has 42 heavy (non-hydrogen) atoms. The van der Waals surface area contributed by atoms with Gasteiger partial charge in [0.1, 0.15) is 5.82 Å². The average molecular weight is 577 g/mol. The molecule has 2 saturated heterocycles. The maximum absolute atomic E-state index is 13.0. The number of likely N-dealkylation sites (tertiary alicyclic amines) is 1. The number of pyridine rings is 1. The number of benzene rings is 2. The third-order valence-electron chi connectivity index (χ3n) is 7.77. The number of piperazine rings is 1. The number of aromatic nitrogens is 1. The highest BCUT2D eigenvalue weighted by Gasteiger charge is 2.31. The van der Waals surface area contributed by atoms with Crippen LogP contribution in [-0.2, 0) is 12.7 Å². The summed E-state index contributed by atoms with van der Waals surface area (Å²) in [5.41, 5.74) is 1.98. The van der Waals surface area contributed by atoms with Gasteiger partial charge in [-0.15, -0.1) is 0 Å². The van der Waals surface area contributed by atoms with E-state index in [2.05, 4.69) is 21.3 Å². The van der Waals surface area contributed by atoms with Crippen molar-refractivity contribution in [2.75, 3.05) is 44.2 Å². The predicted octanol–water partition coefficient (Wildman–Crippen LogP) is 4.33. The maximum atomic E-state index is 13.0. The van der Waals surface area contributed by atoms with E-state index in [1.54, 1.807) is 29.2 Å². The van der Waals surface area contributed by atoms with Crippen LogP contribution in [0, 0.1) is 11.3 Å². The highest BCUT2D eigenvalue weighted by molar-refractivity contribution is 5.98. The smallest absolute Gasteiger partial charge is 0.353 e. The van der Waals surface area contributed by atoms with E-state index in [9.17, 15) is 22.8 Å². The number of hydrogen-bond acceptors (Lipinski definition) is 6. The van der Waals surface area contributed by atoms with E-state index in [0.717, 1.165) is 50.3 Å². The summed E-state index contributed by atoms with van der Waals surface area (Å²) in [6.07, 6.45) is -1.93. The number of carbonyl (C=O) groups is 2. The Morgan fingerprint density at radius 3 is 2.10 bits per heavy atom. The molecule has 1 N–H and O–H groups in total. The number of nitrogens with one attached hydrogen (secondary N) is 1. The van der Waals surface area contributed by atoms with Crippen molar-refractivity contribution in [1.82, 2.24) is 20.1 Å². The largest absolute Gasteiger partial charge is 0.417 e. The normalized spacial score (nSPS) is 16.6. The molecule has 0 aliphatic carbocycles. The van der Waals surface area contributed by atoms with Gasteiger partial charge in [-0.1, -0.05) is 12.1 Å². The minimum Gasteiger partial charge on any atom is -0.353 e. The summed E-state index contributed by atoms with van der Waals surface area (Å²) >= 11 is 0. The Balaban J connectivity index is 1.07. The van der Waals surface area contributed by atoms with Crippen molar-refractivity contribution in [3.63, 3.8) is 0 Å². The second kappa shape index (κ2) is 12.6. The van der Waals surface area contributed by atoms with E-state index >= 15 is 0 Å². The van der Waals surface area contributed by atoms with Crippen LogP contribution in [0.15, 0.2) is 66.9 Å². The number of nitrogens with zero attached hydrogens (tertiary/aromatic N) is 5. The van der Waals surface area contributed by atoms with Crippen molar-refractivity contribution >= 4 is 17.6 Å². The molecule has 2 amide bonds. The number of halogens is 3. The molecule has 8 nitrogen and oxygen atoms in total. The zero-order chi connectivity index (χ0) is 29.7. The minimum absolute atomic E-state index is 0.0754. The zero-order valence-corrected chi connectivity index (χ0v) is 23.0. The maximum Gasteiger partial charge on any atom is 0.417 e. The van der Waals surface area contributed by atoms with E-state index in [0.29, 0.717) is 48.7 Å². The number of carbonyl (C=O) groups excluding carboxylic acids is 2. The zero-order valence-electron chi connectivity index (χ0n) is 23.0. The van der Waals surface area contributed by atoms with E-state index in [-0.39, 0.29) is 17.9 Å². The van der Waals surface area contributed by atoms with Crippen LogP contribution in [0.3, 0.4) is 0 Å². The van der Waals surface area contributed by atoms with Gasteiger partial charge in [0.2, 0.25) is 0 Å². The summed E-state index contributed by atoms with van der Waals surface area (Å²) in [7, 11) is 0. The van der Waals surface area contributed by atoms with Gasteiger partial charge in [-0.25, -0.2) is 4.98 Å². The van der Waals surface area contributed by atoms with Gasteiger partial charge in [0.15, 0.2) is 0 Å². The van der Waals surface area contributed by atoms with Crippen LogP contribution in [-0.4, -0.2) is 71.9 Å². The second-order valence-electron chi connectivity index (χ2n) is 10.6. The number of alkyl halides is 3. The number of nitriles is 1. The van der Waals surface area contributed by atoms with Crippen molar-refractivity contribution in [3.8, 4) is 6.07 Å². The van der Waals surface area contributed by atoms with Crippen molar-refractivity contribution in [2.45, 2.75) is 31.6 Å². The number of amides is 2. The van der Waals surface area contributed by atoms with Gasteiger partial charge in [0.25, 0.3) is 11.8 Å². The van der Waals surface area contributed by atoms with E-state index < -0.39 is 11.7 Å². The fourth-order valence-electron chi connectivity index (χ4n) is 5.27. The Morgan fingerprint density at radius 2 is 1.52 bits per heavy atom. The highest BCUT2D eigenvalue weighted by Crippen LogP contribution is 2.29. The molecule has 2 aliphatic rings. The molecule has 2 aromatic carbocycles. The molecule has 0 radical (unpaired) electrons. The third kappa shape index (κ3) is 7.06. The Morgan fingerprint density at radius 1 is 0.881 bits per heavy atom. The van der Waals surface area contributed by atoms with Gasteiger partial charge in [-0.05, 0) is 66.9 Å². The van der Waals surface area contributed by atoms with Crippen LogP contribution < -0.4 is 10.2 Å². The Kier molecular flexibility index (Phi) is 8.73. The first kappa shape index (κ1) is 29.1. The Hall–Kier alpha value is -4.43. The van der Waals surface area contributed by atoms with Crippen LogP contribution in [0.5, 0.6) is 0 Å². The first-order valence-corrected chi connectivity index (χ1v) is 13.9. The SMILES string of the molecule is N#Cc1ccc(CN2CCC(NC(=O)c3ccc(C(=O)N4CCN(c5ccc(C(F)(F)F)cn5)CC4)cc3)CC2)cc1. The van der Waals surface area contributed by atoms with Crippen molar-refractivity contribution in [2.24, 2.45) is 0 Å². The van der Waals surface area contributed by atoms with Gasteiger partial charge in [0, 0.05) is 69.2 Å². The second-order valence-corrected chi connectivity index (χ2v) is 10.6. The fourth-order valence-corrected chi connectivity index (χ4v) is 5.27. The lowest BCUT2D eigenvalue weighted by atomic mass is 10.0. The number of piperidine rings is 1. The van der Waals surface area contributed by atoms with E-state index in [1.807, 2.05) is 29.2 Å². The minimum atomic E-state index is -4.43. The van der Waals surface area contributed by atoms with E-state index in [1.165, 1.54) is 6.07 Å². The number of rotatable bonds is 6. The lowest BCUT2D eigenvalue weighted by Crippen LogP contribution is -2.49. The molecular weight excluding hydrogens is 545 g/mol. The molecule has 5 rings (SSSR count). The van der Waals surface area contributed by atoms with Crippen molar-refractivity contribution in [1.29, 1.82) is 5.26 Å². The lowest BCUT2D eigenvalue weighted by Gasteiger charge is -2.35. The summed E-state index contributed by atoms with van der Waals surface area (Å²) in [6, 6.07) is 18.8. The first-order valence-electron chi connectivity index (χ1n) is 13.9. The van der Waals surface area contributed by atoms with Gasteiger partial charge in [-0.3, -0.25) is 14.5 Å². The van der Waals surface area contributed by atoms with Gasteiger partial charge in [0.05, 0.1) is 17.2 Å². The van der Waals surface area contributed by atoms with Gasteiger partial charge < -0.3 is 15.1 Å². The quantitative estimate of drug-likeness (QED) is 0.470. The van der Waals surface area contributed by atoms with Crippen LogP contribution in [0.25, 0.3) is 0 Å². The first-order chi connectivity index (χ1) is 20.2. The topological polar surface area (TPSA) is 92.6 Å². The van der Waals surface area contributed by atoms with Crippen LogP contribution in [0.4, 0.5) is 19.0 Å². The molecule has 0 saturated carbocycles. The standard InChI is InChI=1S/C31H31F3N6O2/c32-31(33,34)26-9-10-28(36-20-26)39-15-17-40(18-16-39)30(42)25-7-5-24(6-8-25)29(41)37-27-11-13-38(14-12-27)21-23-3-1-22(19-35)2-4-23/h1-10,20,27H,11-18,21H2,(H,37,41). The summed E-state index contributed by atoms with van der Waals surface area (Å²) in [4.78, 5) is 35.7. The number of anilines is 1. The molecule has 1 aromatic heterocycles. The van der Waals surface area contributed by atoms with Crippen molar-refractivity contribution in [3.05, 3.63) is 94.7 Å². The third-order valence-corrected chi connectivity index (χ3v) is 7.77. The van der Waals surface area contributed by atoms with Gasteiger partial charge in [-0.2, -0.15) is 18.4 Å². The molecule has 218 valence electrons. The Labute approximate surface area is 242 Å². The average Bonchev–Trinajstić information content (AvgIpc) is 3.02. The summed E-state index contributed by atoms with van der Waals surface area (Å²) < 4.78 is 38.4. The molecule has 0 unspecified atom stereocenters.